The molecule has 0 heterocycles. The van der Waals surface area contributed by atoms with E-state index in [9.17, 15) is 0 Å². The Morgan fingerprint density at radius 3 is 2.43 bits per heavy atom. The Labute approximate surface area is 141 Å². The van der Waals surface area contributed by atoms with Gasteiger partial charge in [0.1, 0.15) is 5.75 Å². The smallest absolute Gasteiger partial charge is 0.124 e. The van der Waals surface area contributed by atoms with E-state index in [1.54, 1.807) is 0 Å². The maximum Gasteiger partial charge on any atom is 0.124 e. The zero-order valence-corrected chi connectivity index (χ0v) is 14.7. The van der Waals surface area contributed by atoms with Crippen LogP contribution in [0.4, 0.5) is 0 Å². The molecule has 114 valence electrons. The molecule has 4 heteroatoms. The van der Waals surface area contributed by atoms with E-state index in [0.717, 1.165) is 23.3 Å². The summed E-state index contributed by atoms with van der Waals surface area (Å²) in [7, 11) is 0. The van der Waals surface area contributed by atoms with Gasteiger partial charge >= 0.3 is 0 Å². The lowest BCUT2D eigenvalue weighted by atomic mass is 10.2. The fourth-order valence-electron chi connectivity index (χ4n) is 1.99. The van der Waals surface area contributed by atoms with Crippen molar-refractivity contribution < 1.29 is 4.74 Å². The van der Waals surface area contributed by atoms with Gasteiger partial charge in [0.15, 0.2) is 0 Å². The molecule has 0 aliphatic carbocycles. The minimum absolute atomic E-state index is 0. The Morgan fingerprint density at radius 1 is 1.05 bits per heavy atom. The lowest BCUT2D eigenvalue weighted by molar-refractivity contribution is 0.239. The molecule has 0 aliphatic rings. The highest BCUT2D eigenvalue weighted by Crippen LogP contribution is 2.24. The predicted octanol–water partition coefficient (Wildman–Crippen LogP) is 4.95. The van der Waals surface area contributed by atoms with Crippen molar-refractivity contribution in [2.45, 2.75) is 33.0 Å². The zero-order valence-electron chi connectivity index (χ0n) is 12.3. The normalized spacial score (nSPS) is 10.3. The lowest BCUT2D eigenvalue weighted by Gasteiger charge is -2.15. The molecule has 0 fully saturated rings. The van der Waals surface area contributed by atoms with Gasteiger partial charge in [0, 0.05) is 23.1 Å². The molecule has 0 saturated heterocycles. The fourth-order valence-corrected chi connectivity index (χ4v) is 2.40. The van der Waals surface area contributed by atoms with E-state index in [2.05, 4.69) is 51.6 Å². The fraction of sp³-hybridized carbons (Fsp3) is 0.294. The van der Waals surface area contributed by atoms with Gasteiger partial charge in [-0.2, -0.15) is 0 Å². The van der Waals surface area contributed by atoms with Crippen LogP contribution >= 0.6 is 28.3 Å². The van der Waals surface area contributed by atoms with Crippen LogP contribution in [0.2, 0.25) is 0 Å². The topological polar surface area (TPSA) is 21.3 Å². The minimum atomic E-state index is 0. The maximum absolute atomic E-state index is 5.84. The van der Waals surface area contributed by atoms with E-state index >= 15 is 0 Å². The first kappa shape index (κ1) is 18.0. The summed E-state index contributed by atoms with van der Waals surface area (Å²) in [5, 5.41) is 3.46. The van der Waals surface area contributed by atoms with Crippen LogP contribution in [0.1, 0.15) is 25.0 Å². The lowest BCUT2D eigenvalue weighted by Crippen LogP contribution is -2.15. The second kappa shape index (κ2) is 9.08. The van der Waals surface area contributed by atoms with Crippen LogP contribution in [0.3, 0.4) is 0 Å². The number of halogens is 2. The number of rotatable bonds is 6. The monoisotopic (exact) mass is 369 g/mol. The van der Waals surface area contributed by atoms with Gasteiger partial charge in [0.2, 0.25) is 0 Å². The third-order valence-corrected chi connectivity index (χ3v) is 3.37. The van der Waals surface area contributed by atoms with Crippen LogP contribution in [-0.2, 0) is 13.1 Å². The third kappa shape index (κ3) is 6.08. The Kier molecular flexibility index (Phi) is 7.79. The van der Waals surface area contributed by atoms with Crippen molar-refractivity contribution in [2.75, 3.05) is 0 Å². The molecule has 0 amide bonds. The molecule has 2 aromatic rings. The molecule has 2 nitrogen and oxygen atoms in total. The van der Waals surface area contributed by atoms with Gasteiger partial charge in [-0.1, -0.05) is 46.3 Å². The summed E-state index contributed by atoms with van der Waals surface area (Å²) < 4.78 is 6.92. The Balaban J connectivity index is 0.00000220. The second-order valence-electron chi connectivity index (χ2n) is 5.01. The Bertz CT molecular complexity index is 546. The Morgan fingerprint density at radius 2 is 1.76 bits per heavy atom. The highest BCUT2D eigenvalue weighted by molar-refractivity contribution is 9.10. The zero-order chi connectivity index (χ0) is 14.4. The molecule has 0 saturated carbocycles. The van der Waals surface area contributed by atoms with Gasteiger partial charge in [-0.25, -0.2) is 0 Å². The Hall–Kier alpha value is -1.03. The molecule has 0 radical (unpaired) electrons. The van der Waals surface area contributed by atoms with Crippen molar-refractivity contribution in [1.82, 2.24) is 5.32 Å². The van der Waals surface area contributed by atoms with E-state index < -0.39 is 0 Å². The number of ether oxygens (including phenoxy) is 1. The van der Waals surface area contributed by atoms with Crippen LogP contribution < -0.4 is 10.1 Å². The van der Waals surface area contributed by atoms with Gasteiger partial charge < -0.3 is 10.1 Å². The van der Waals surface area contributed by atoms with Gasteiger partial charge in [-0.05, 0) is 37.6 Å². The summed E-state index contributed by atoms with van der Waals surface area (Å²) >= 11 is 3.52. The number of nitrogens with one attached hydrogen (secondary N) is 1. The van der Waals surface area contributed by atoms with Crippen LogP contribution in [0.5, 0.6) is 5.75 Å². The first-order valence-electron chi connectivity index (χ1n) is 6.85. The summed E-state index contributed by atoms with van der Waals surface area (Å²) in [4.78, 5) is 0. The molecular formula is C17H21BrClNO. The standard InChI is InChI=1S/C17H20BrNO.ClH/c1-13(2)20-17-9-8-16(18)10-15(17)12-19-11-14-6-4-3-5-7-14;/h3-10,13,19H,11-12H2,1-2H3;1H. The largest absolute Gasteiger partial charge is 0.491 e. The summed E-state index contributed by atoms with van der Waals surface area (Å²) in [5.74, 6) is 0.948. The van der Waals surface area contributed by atoms with Crippen LogP contribution in [0.25, 0.3) is 0 Å². The molecule has 0 spiro atoms. The molecule has 0 bridgehead atoms. The summed E-state index contributed by atoms with van der Waals surface area (Å²) in [5.41, 5.74) is 2.46. The van der Waals surface area contributed by atoms with Gasteiger partial charge in [-0.3, -0.25) is 0 Å². The third-order valence-electron chi connectivity index (χ3n) is 2.87. The molecular weight excluding hydrogens is 350 g/mol. The number of hydrogen-bond acceptors (Lipinski definition) is 2. The minimum Gasteiger partial charge on any atom is -0.491 e. The average molecular weight is 371 g/mol. The highest BCUT2D eigenvalue weighted by atomic mass is 79.9. The van der Waals surface area contributed by atoms with Crippen molar-refractivity contribution in [3.63, 3.8) is 0 Å². The van der Waals surface area contributed by atoms with Gasteiger partial charge in [-0.15, -0.1) is 12.4 Å². The maximum atomic E-state index is 5.84. The van der Waals surface area contributed by atoms with E-state index in [0.29, 0.717) is 0 Å². The van der Waals surface area contributed by atoms with Gasteiger partial charge in [0.25, 0.3) is 0 Å². The van der Waals surface area contributed by atoms with Crippen molar-refractivity contribution >= 4 is 28.3 Å². The van der Waals surface area contributed by atoms with E-state index in [4.69, 9.17) is 4.74 Å². The second-order valence-corrected chi connectivity index (χ2v) is 5.92. The predicted molar refractivity (Wildman–Crippen MR) is 94.1 cm³/mol. The molecule has 2 rings (SSSR count). The number of benzene rings is 2. The first-order chi connectivity index (χ1) is 9.65. The molecule has 1 N–H and O–H groups in total. The van der Waals surface area contributed by atoms with Crippen LogP contribution in [0, 0.1) is 0 Å². The number of hydrogen-bond donors (Lipinski definition) is 1. The quantitative estimate of drug-likeness (QED) is 0.777. The van der Waals surface area contributed by atoms with Crippen LogP contribution in [-0.4, -0.2) is 6.10 Å². The van der Waals surface area contributed by atoms with Crippen molar-refractivity contribution in [3.05, 3.63) is 64.1 Å². The van der Waals surface area contributed by atoms with E-state index in [-0.39, 0.29) is 18.5 Å². The molecule has 0 unspecified atom stereocenters. The van der Waals surface area contributed by atoms with E-state index in [1.807, 2.05) is 32.0 Å². The molecule has 21 heavy (non-hydrogen) atoms. The molecule has 0 atom stereocenters. The van der Waals surface area contributed by atoms with E-state index in [1.165, 1.54) is 11.1 Å². The van der Waals surface area contributed by atoms with Crippen LogP contribution in [0.15, 0.2) is 53.0 Å². The van der Waals surface area contributed by atoms with Gasteiger partial charge in [0.05, 0.1) is 6.10 Å². The summed E-state index contributed by atoms with van der Waals surface area (Å²) in [6, 6.07) is 16.5. The molecule has 0 aromatic heterocycles. The first-order valence-corrected chi connectivity index (χ1v) is 7.64. The molecule has 2 aromatic carbocycles. The highest BCUT2D eigenvalue weighted by Gasteiger charge is 2.06. The van der Waals surface area contributed by atoms with Crippen molar-refractivity contribution in [2.24, 2.45) is 0 Å². The van der Waals surface area contributed by atoms with Crippen molar-refractivity contribution in [3.8, 4) is 5.75 Å². The van der Waals surface area contributed by atoms with Crippen molar-refractivity contribution in [1.29, 1.82) is 0 Å². The molecule has 0 aliphatic heterocycles. The summed E-state index contributed by atoms with van der Waals surface area (Å²) in [6.45, 7) is 5.73. The average Bonchev–Trinajstić information content (AvgIpc) is 2.42. The summed E-state index contributed by atoms with van der Waals surface area (Å²) in [6.07, 6.45) is 0.184. The SMILES string of the molecule is CC(C)Oc1ccc(Br)cc1CNCc1ccccc1.Cl.